The molecule has 2 heterocycles. The lowest BCUT2D eigenvalue weighted by Gasteiger charge is -2.62. The van der Waals surface area contributed by atoms with Gasteiger partial charge in [0.1, 0.15) is 4.88 Å². The fourth-order valence-corrected chi connectivity index (χ4v) is 3.36. The molecule has 1 aliphatic heterocycles. The number of rotatable bonds is 4. The molecule has 0 aromatic carbocycles. The number of guanidine groups is 1. The van der Waals surface area contributed by atoms with E-state index in [2.05, 4.69) is 53.2 Å². The van der Waals surface area contributed by atoms with E-state index in [0.29, 0.717) is 18.0 Å². The summed E-state index contributed by atoms with van der Waals surface area (Å²) in [5, 5.41) is 6.24. The van der Waals surface area contributed by atoms with Gasteiger partial charge < -0.3 is 15.5 Å². The molecule has 2 N–H and O–H groups in total. The first-order chi connectivity index (χ1) is 10.7. The first-order valence-corrected chi connectivity index (χ1v) is 8.75. The average Bonchev–Trinajstić information content (AvgIpc) is 2.91. The Labute approximate surface area is 142 Å². The van der Waals surface area contributed by atoms with Crippen LogP contribution in [0.15, 0.2) is 10.5 Å². The quantitative estimate of drug-likeness (QED) is 0.500. The van der Waals surface area contributed by atoms with Gasteiger partial charge in [0.05, 0.1) is 11.2 Å². The Kier molecular flexibility index (Phi) is 4.98. The smallest absolute Gasteiger partial charge is 0.263 e. The van der Waals surface area contributed by atoms with Gasteiger partial charge in [-0.1, -0.05) is 13.8 Å². The molecule has 0 saturated carbocycles. The Balaban J connectivity index is 1.80. The molecule has 0 atom stereocenters. The Morgan fingerprint density at radius 2 is 2.00 bits per heavy atom. The molecule has 1 aromatic heterocycles. The van der Waals surface area contributed by atoms with Crippen molar-refractivity contribution in [3.63, 3.8) is 0 Å². The highest BCUT2D eigenvalue weighted by atomic mass is 32.1. The summed E-state index contributed by atoms with van der Waals surface area (Å²) >= 11 is 1.37. The average molecular weight is 337 g/mol. The number of aryl methyl sites for hydroxylation is 1. The molecule has 0 spiro atoms. The van der Waals surface area contributed by atoms with Crippen molar-refractivity contribution in [2.75, 3.05) is 26.7 Å². The van der Waals surface area contributed by atoms with Gasteiger partial charge >= 0.3 is 0 Å². The molecule has 128 valence electrons. The zero-order chi connectivity index (χ0) is 17.3. The van der Waals surface area contributed by atoms with Gasteiger partial charge in [0, 0.05) is 37.6 Å². The van der Waals surface area contributed by atoms with E-state index in [1.165, 1.54) is 11.3 Å². The number of thiazole rings is 1. The zero-order valence-corrected chi connectivity index (χ0v) is 15.7. The van der Waals surface area contributed by atoms with Crippen LogP contribution in [0.3, 0.4) is 0 Å². The van der Waals surface area contributed by atoms with Gasteiger partial charge in [-0.2, -0.15) is 0 Å². The topological polar surface area (TPSA) is 69.6 Å². The monoisotopic (exact) mass is 337 g/mol. The second-order valence-electron chi connectivity index (χ2n) is 7.03. The molecule has 1 amide bonds. The van der Waals surface area contributed by atoms with Gasteiger partial charge in [-0.25, -0.2) is 4.98 Å². The second kappa shape index (κ2) is 6.47. The molecule has 6 nitrogen and oxygen atoms in total. The summed E-state index contributed by atoms with van der Waals surface area (Å²) < 4.78 is 0. The number of carbonyl (C=O) groups excluding carboxylic acids is 1. The van der Waals surface area contributed by atoms with Crippen molar-refractivity contribution in [2.45, 2.75) is 40.2 Å². The Morgan fingerprint density at radius 3 is 2.48 bits per heavy atom. The van der Waals surface area contributed by atoms with Crippen LogP contribution in [-0.4, -0.2) is 54.0 Å². The molecule has 0 radical (unpaired) electrons. The normalized spacial score (nSPS) is 19.2. The van der Waals surface area contributed by atoms with Crippen molar-refractivity contribution in [3.8, 4) is 0 Å². The third-order valence-corrected chi connectivity index (χ3v) is 5.92. The van der Waals surface area contributed by atoms with Crippen LogP contribution in [0.2, 0.25) is 0 Å². The third kappa shape index (κ3) is 3.34. The molecule has 2 rings (SSSR count). The molecule has 1 saturated heterocycles. The molecule has 0 aliphatic carbocycles. The minimum atomic E-state index is -0.0628. The molecule has 1 aliphatic rings. The Morgan fingerprint density at radius 1 is 1.35 bits per heavy atom. The van der Waals surface area contributed by atoms with Gasteiger partial charge in [-0.3, -0.25) is 9.79 Å². The number of nitrogens with zero attached hydrogens (tertiary/aromatic N) is 3. The number of aliphatic imine (C=N–C) groups is 1. The fourth-order valence-electron chi connectivity index (χ4n) is 2.65. The summed E-state index contributed by atoms with van der Waals surface area (Å²) in [6.07, 6.45) is 0. The van der Waals surface area contributed by atoms with E-state index >= 15 is 0 Å². The van der Waals surface area contributed by atoms with E-state index in [1.807, 2.05) is 6.92 Å². The summed E-state index contributed by atoms with van der Waals surface area (Å²) in [5.74, 6) is 0.824. The van der Waals surface area contributed by atoms with E-state index < -0.39 is 0 Å². The maximum atomic E-state index is 12.0. The van der Waals surface area contributed by atoms with E-state index in [4.69, 9.17) is 0 Å². The molecule has 0 bridgehead atoms. The number of carbonyl (C=O) groups is 1. The van der Waals surface area contributed by atoms with Crippen molar-refractivity contribution < 1.29 is 4.79 Å². The minimum Gasteiger partial charge on any atom is -0.354 e. The lowest BCUT2D eigenvalue weighted by atomic mass is 9.65. The highest BCUT2D eigenvalue weighted by Crippen LogP contribution is 2.46. The summed E-state index contributed by atoms with van der Waals surface area (Å²) in [5.41, 5.74) is 2.80. The first-order valence-electron chi connectivity index (χ1n) is 7.87. The Hall–Kier alpha value is -1.63. The van der Waals surface area contributed by atoms with E-state index in [1.54, 1.807) is 12.6 Å². The van der Waals surface area contributed by atoms with Gasteiger partial charge in [-0.15, -0.1) is 11.3 Å². The number of hydrogen-bond donors (Lipinski definition) is 2. The van der Waals surface area contributed by atoms with Crippen LogP contribution >= 0.6 is 11.3 Å². The fraction of sp³-hybridized carbons (Fsp3) is 0.688. The number of aromatic nitrogens is 1. The largest absolute Gasteiger partial charge is 0.354 e. The summed E-state index contributed by atoms with van der Waals surface area (Å²) in [6, 6.07) is 0. The molecular formula is C16H27N5OS. The first kappa shape index (κ1) is 17.7. The highest BCUT2D eigenvalue weighted by Gasteiger charge is 2.53. The van der Waals surface area contributed by atoms with Gasteiger partial charge in [0.2, 0.25) is 0 Å². The maximum absolute atomic E-state index is 12.0. The van der Waals surface area contributed by atoms with Crippen LogP contribution in [0.25, 0.3) is 0 Å². The van der Waals surface area contributed by atoms with Crippen LogP contribution in [-0.2, 0) is 0 Å². The number of likely N-dealkylation sites (tertiary alicyclic amines) is 1. The van der Waals surface area contributed by atoms with Crippen LogP contribution in [0, 0.1) is 12.3 Å². The van der Waals surface area contributed by atoms with Gasteiger partial charge in [0.25, 0.3) is 5.91 Å². The summed E-state index contributed by atoms with van der Waals surface area (Å²) in [7, 11) is 1.79. The van der Waals surface area contributed by atoms with E-state index in [9.17, 15) is 4.79 Å². The van der Waals surface area contributed by atoms with Crippen molar-refractivity contribution >= 4 is 23.2 Å². The van der Waals surface area contributed by atoms with Gasteiger partial charge in [0.15, 0.2) is 5.96 Å². The van der Waals surface area contributed by atoms with E-state index in [0.717, 1.165) is 18.2 Å². The van der Waals surface area contributed by atoms with Crippen molar-refractivity contribution in [1.82, 2.24) is 20.5 Å². The number of hydrogen-bond acceptors (Lipinski definition) is 4. The van der Waals surface area contributed by atoms with Crippen LogP contribution in [0.4, 0.5) is 0 Å². The number of nitrogens with one attached hydrogen (secondary N) is 2. The van der Waals surface area contributed by atoms with Crippen molar-refractivity contribution in [2.24, 2.45) is 10.4 Å². The van der Waals surface area contributed by atoms with E-state index in [-0.39, 0.29) is 16.9 Å². The van der Waals surface area contributed by atoms with Crippen LogP contribution < -0.4 is 10.6 Å². The molecule has 7 heteroatoms. The maximum Gasteiger partial charge on any atom is 0.263 e. The highest BCUT2D eigenvalue weighted by molar-refractivity contribution is 7.11. The third-order valence-electron chi connectivity index (χ3n) is 5.00. The predicted molar refractivity (Wildman–Crippen MR) is 95.1 cm³/mol. The summed E-state index contributed by atoms with van der Waals surface area (Å²) in [4.78, 5) is 23.4. The number of amides is 1. The molecule has 23 heavy (non-hydrogen) atoms. The van der Waals surface area contributed by atoms with Crippen molar-refractivity contribution in [1.29, 1.82) is 0 Å². The lowest BCUT2D eigenvalue weighted by molar-refractivity contribution is -0.0666. The van der Waals surface area contributed by atoms with Crippen molar-refractivity contribution in [3.05, 3.63) is 16.1 Å². The van der Waals surface area contributed by atoms with Crippen LogP contribution in [0.1, 0.15) is 43.1 Å². The zero-order valence-electron chi connectivity index (χ0n) is 14.9. The predicted octanol–water partition coefficient (Wildman–Crippen LogP) is 1.88. The van der Waals surface area contributed by atoms with Gasteiger partial charge in [-0.05, 0) is 20.8 Å². The summed E-state index contributed by atoms with van der Waals surface area (Å²) in [6.45, 7) is 13.0. The SMILES string of the molecule is CN=C(NCCNC(=O)c1scnc1C)N1CC(C)(C)C1(C)C. The standard InChI is InChI=1S/C16H27N5OS/c1-11-12(23-10-20-11)13(22)18-7-8-19-14(17-6)21-9-15(2,3)16(21,4)5/h10H,7-9H2,1-6H3,(H,17,19)(H,18,22). The Bertz CT molecular complexity index is 605. The molecule has 0 unspecified atom stereocenters. The molecule has 1 fully saturated rings. The molecular weight excluding hydrogens is 310 g/mol. The minimum absolute atomic E-state index is 0.0628. The molecule has 1 aromatic rings. The lowest BCUT2D eigenvalue weighted by Crippen LogP contribution is -2.72. The second-order valence-corrected chi connectivity index (χ2v) is 7.88. The van der Waals surface area contributed by atoms with Crippen LogP contribution in [0.5, 0.6) is 0 Å².